The van der Waals surface area contributed by atoms with Crippen molar-refractivity contribution in [3.05, 3.63) is 29.3 Å². The van der Waals surface area contributed by atoms with Crippen LogP contribution in [0, 0.1) is 0 Å². The van der Waals surface area contributed by atoms with Gasteiger partial charge >= 0.3 is 10.2 Å². The molecule has 0 spiro atoms. The van der Waals surface area contributed by atoms with E-state index >= 15 is 0 Å². The van der Waals surface area contributed by atoms with Crippen LogP contribution in [0.3, 0.4) is 0 Å². The quantitative estimate of drug-likeness (QED) is 0.921. The van der Waals surface area contributed by atoms with Gasteiger partial charge < -0.3 is 0 Å². The summed E-state index contributed by atoms with van der Waals surface area (Å²) in [5.41, 5.74) is 0.503. The first kappa shape index (κ1) is 12.7. The first-order valence-corrected chi connectivity index (χ1v) is 7.43. The summed E-state index contributed by atoms with van der Waals surface area (Å²) in [7, 11) is -3.43. The van der Waals surface area contributed by atoms with E-state index < -0.39 is 10.2 Å². The molecule has 1 heterocycles. The van der Waals surface area contributed by atoms with Crippen LogP contribution in [0.25, 0.3) is 0 Å². The van der Waals surface area contributed by atoms with Gasteiger partial charge in [0, 0.05) is 18.1 Å². The summed E-state index contributed by atoms with van der Waals surface area (Å²) in [6.07, 6.45) is 2.95. The van der Waals surface area contributed by atoms with Crippen molar-refractivity contribution < 1.29 is 8.42 Å². The third-order valence-electron chi connectivity index (χ3n) is 2.73. The molecule has 6 heteroatoms. The Kier molecular flexibility index (Phi) is 3.91. The van der Waals surface area contributed by atoms with Gasteiger partial charge in [-0.2, -0.15) is 12.7 Å². The molecule has 1 aromatic rings. The van der Waals surface area contributed by atoms with E-state index in [0.29, 0.717) is 23.8 Å². The fourth-order valence-corrected chi connectivity index (χ4v) is 3.35. The van der Waals surface area contributed by atoms with E-state index in [1.807, 2.05) is 0 Å². The lowest BCUT2D eigenvalue weighted by Crippen LogP contribution is -2.39. The van der Waals surface area contributed by atoms with Crippen molar-refractivity contribution in [3.63, 3.8) is 0 Å². The van der Waals surface area contributed by atoms with Gasteiger partial charge in [0.1, 0.15) is 0 Å². The molecule has 94 valence electrons. The van der Waals surface area contributed by atoms with Gasteiger partial charge in [0.25, 0.3) is 0 Å². The summed E-state index contributed by atoms with van der Waals surface area (Å²) in [6.45, 7) is 1.19. The average molecular weight is 275 g/mol. The fourth-order valence-electron chi connectivity index (χ4n) is 1.87. The van der Waals surface area contributed by atoms with Gasteiger partial charge in [0.2, 0.25) is 0 Å². The van der Waals surface area contributed by atoms with Crippen LogP contribution in [0.1, 0.15) is 19.3 Å². The third-order valence-corrected chi connectivity index (χ3v) is 4.50. The maximum absolute atomic E-state index is 12.0. The van der Waals surface area contributed by atoms with Crippen molar-refractivity contribution in [2.75, 3.05) is 17.8 Å². The standard InChI is InChI=1S/C11H15ClN2O2S/c12-10-5-4-6-11(9-10)13-17(15,16)14-7-2-1-3-8-14/h4-6,9,13H,1-3,7-8H2. The van der Waals surface area contributed by atoms with Crippen molar-refractivity contribution in [3.8, 4) is 0 Å². The normalized spacial score (nSPS) is 17.9. The van der Waals surface area contributed by atoms with Gasteiger partial charge in [0.05, 0.1) is 5.69 Å². The zero-order valence-electron chi connectivity index (χ0n) is 9.39. The summed E-state index contributed by atoms with van der Waals surface area (Å²) in [5, 5.41) is 0.517. The molecule has 1 saturated heterocycles. The molecular formula is C11H15ClN2O2S. The third kappa shape index (κ3) is 3.34. The Morgan fingerprint density at radius 1 is 1.18 bits per heavy atom. The predicted molar refractivity (Wildman–Crippen MR) is 69.4 cm³/mol. The molecule has 1 aromatic carbocycles. The van der Waals surface area contributed by atoms with E-state index in [2.05, 4.69) is 4.72 Å². The Morgan fingerprint density at radius 3 is 2.53 bits per heavy atom. The van der Waals surface area contributed by atoms with Crippen LogP contribution in [0.4, 0.5) is 5.69 Å². The van der Waals surface area contributed by atoms with Gasteiger partial charge in [-0.25, -0.2) is 0 Å². The minimum atomic E-state index is -3.43. The zero-order valence-corrected chi connectivity index (χ0v) is 11.0. The number of benzene rings is 1. The molecule has 0 aromatic heterocycles. The summed E-state index contributed by atoms with van der Waals surface area (Å²) in [4.78, 5) is 0. The first-order chi connectivity index (χ1) is 8.08. The van der Waals surface area contributed by atoms with E-state index in [0.717, 1.165) is 19.3 Å². The fraction of sp³-hybridized carbons (Fsp3) is 0.455. The number of hydrogen-bond acceptors (Lipinski definition) is 2. The second-order valence-corrected chi connectivity index (χ2v) is 6.18. The second-order valence-electron chi connectivity index (χ2n) is 4.08. The van der Waals surface area contributed by atoms with Crippen LogP contribution in [-0.2, 0) is 10.2 Å². The highest BCUT2D eigenvalue weighted by Crippen LogP contribution is 2.19. The Hall–Kier alpha value is -0.780. The zero-order chi connectivity index (χ0) is 12.3. The highest BCUT2D eigenvalue weighted by atomic mass is 35.5. The molecule has 4 nitrogen and oxygen atoms in total. The number of hydrogen-bond donors (Lipinski definition) is 1. The minimum absolute atomic E-state index is 0.503. The van der Waals surface area contributed by atoms with Gasteiger partial charge in [-0.3, -0.25) is 4.72 Å². The number of halogens is 1. The number of nitrogens with zero attached hydrogens (tertiary/aromatic N) is 1. The highest BCUT2D eigenvalue weighted by Gasteiger charge is 2.23. The molecule has 1 fully saturated rings. The lowest BCUT2D eigenvalue weighted by molar-refractivity contribution is 0.349. The summed E-state index contributed by atoms with van der Waals surface area (Å²) >= 11 is 5.81. The molecule has 2 rings (SSSR count). The van der Waals surface area contributed by atoms with E-state index in [1.165, 1.54) is 4.31 Å². The van der Waals surface area contributed by atoms with Gasteiger partial charge in [-0.05, 0) is 31.0 Å². The van der Waals surface area contributed by atoms with Gasteiger partial charge in [-0.1, -0.05) is 24.1 Å². The molecular weight excluding hydrogens is 260 g/mol. The monoisotopic (exact) mass is 274 g/mol. The van der Waals surface area contributed by atoms with Crippen LogP contribution >= 0.6 is 11.6 Å². The lowest BCUT2D eigenvalue weighted by Gasteiger charge is -2.26. The number of piperidine rings is 1. The minimum Gasteiger partial charge on any atom is -0.271 e. The summed E-state index contributed by atoms with van der Waals surface area (Å²) in [6, 6.07) is 6.72. The van der Waals surface area contributed by atoms with Crippen molar-refractivity contribution in [2.24, 2.45) is 0 Å². The van der Waals surface area contributed by atoms with Crippen LogP contribution in [0.15, 0.2) is 24.3 Å². The van der Waals surface area contributed by atoms with Crippen molar-refractivity contribution in [1.82, 2.24) is 4.31 Å². The second kappa shape index (κ2) is 5.25. The van der Waals surface area contributed by atoms with Crippen molar-refractivity contribution in [2.45, 2.75) is 19.3 Å². The number of rotatable bonds is 3. The number of anilines is 1. The molecule has 0 bridgehead atoms. The van der Waals surface area contributed by atoms with Crippen molar-refractivity contribution >= 4 is 27.5 Å². The van der Waals surface area contributed by atoms with Gasteiger partial charge in [0.15, 0.2) is 0 Å². The average Bonchev–Trinajstić information content (AvgIpc) is 2.29. The van der Waals surface area contributed by atoms with E-state index in [1.54, 1.807) is 24.3 Å². The van der Waals surface area contributed by atoms with Crippen LogP contribution in [0.5, 0.6) is 0 Å². The van der Waals surface area contributed by atoms with Crippen molar-refractivity contribution in [1.29, 1.82) is 0 Å². The number of nitrogens with one attached hydrogen (secondary N) is 1. The molecule has 1 aliphatic rings. The van der Waals surface area contributed by atoms with Crippen LogP contribution < -0.4 is 4.72 Å². The molecule has 1 N–H and O–H groups in total. The largest absolute Gasteiger partial charge is 0.301 e. The van der Waals surface area contributed by atoms with E-state index in [-0.39, 0.29) is 0 Å². The smallest absolute Gasteiger partial charge is 0.271 e. The molecule has 0 unspecified atom stereocenters. The highest BCUT2D eigenvalue weighted by molar-refractivity contribution is 7.90. The molecule has 0 radical (unpaired) electrons. The Morgan fingerprint density at radius 2 is 1.88 bits per heavy atom. The Balaban J connectivity index is 2.11. The van der Waals surface area contributed by atoms with E-state index in [9.17, 15) is 8.42 Å². The van der Waals surface area contributed by atoms with Crippen LogP contribution in [0.2, 0.25) is 5.02 Å². The van der Waals surface area contributed by atoms with Crippen LogP contribution in [-0.4, -0.2) is 25.8 Å². The molecule has 0 saturated carbocycles. The predicted octanol–water partition coefficient (Wildman–Crippen LogP) is 2.48. The lowest BCUT2D eigenvalue weighted by atomic mass is 10.2. The molecule has 0 amide bonds. The Bertz CT molecular complexity index is 484. The van der Waals surface area contributed by atoms with Gasteiger partial charge in [-0.15, -0.1) is 0 Å². The maximum Gasteiger partial charge on any atom is 0.301 e. The van der Waals surface area contributed by atoms with E-state index in [4.69, 9.17) is 11.6 Å². The topological polar surface area (TPSA) is 49.4 Å². The maximum atomic E-state index is 12.0. The first-order valence-electron chi connectivity index (χ1n) is 5.61. The molecule has 0 atom stereocenters. The molecule has 0 aliphatic carbocycles. The molecule has 1 aliphatic heterocycles. The SMILES string of the molecule is O=S(=O)(Nc1cccc(Cl)c1)N1CCCCC1. The summed E-state index contributed by atoms with van der Waals surface area (Å²) < 4.78 is 28.1. The molecule has 17 heavy (non-hydrogen) atoms. The Labute approximate surface area is 107 Å². The summed E-state index contributed by atoms with van der Waals surface area (Å²) in [5.74, 6) is 0.